The molecule has 5 aromatic carbocycles. The molecule has 21 heteroatoms. The first-order chi connectivity index (χ1) is 28.8. The first kappa shape index (κ1) is 41.9. The van der Waals surface area contributed by atoms with Crippen molar-refractivity contribution in [1.29, 1.82) is 0 Å². The maximum atomic E-state index is 13.2. The third-order valence-corrected chi connectivity index (χ3v) is 8.85. The Morgan fingerprint density at radius 1 is 0.344 bits per heavy atom. The molecule has 1 aliphatic carbocycles. The molecule has 5 aromatic rings. The van der Waals surface area contributed by atoms with Gasteiger partial charge in [0, 0.05) is 0 Å². The monoisotopic (exact) mass is 846 g/mol. The van der Waals surface area contributed by atoms with Crippen LogP contribution in [0.15, 0.2) is 60.7 Å². The van der Waals surface area contributed by atoms with Crippen LogP contribution in [0.25, 0.3) is 0 Å². The van der Waals surface area contributed by atoms with Crippen molar-refractivity contribution in [1.82, 2.24) is 0 Å². The highest BCUT2D eigenvalue weighted by Gasteiger charge is 2.27. The number of esters is 5. The van der Waals surface area contributed by atoms with Crippen LogP contribution in [-0.4, -0.2) is 92.1 Å². The Hall–Kier alpha value is -8.75. The van der Waals surface area contributed by atoms with E-state index >= 15 is 0 Å². The topological polar surface area (TPSA) is 354 Å². The second-order valence-electron chi connectivity index (χ2n) is 13.1. The molecule has 11 N–H and O–H groups in total. The molecule has 0 heterocycles. The largest absolute Gasteiger partial charge is 0.504 e. The molecule has 0 aromatic heterocycles. The van der Waals surface area contributed by atoms with Gasteiger partial charge in [0.05, 0.1) is 27.8 Å². The van der Waals surface area contributed by atoms with Gasteiger partial charge in [0.2, 0.25) is 23.0 Å². The number of carbonyl (C=O) groups excluding carboxylic acids is 5. The molecule has 1 fully saturated rings. The van der Waals surface area contributed by atoms with Crippen LogP contribution in [0.1, 0.15) is 77.5 Å². The summed E-state index contributed by atoms with van der Waals surface area (Å²) in [5, 5.41) is 111. The minimum Gasteiger partial charge on any atom is -0.504 e. The molecule has 21 nitrogen and oxygen atoms in total. The van der Waals surface area contributed by atoms with Crippen molar-refractivity contribution in [3.8, 4) is 86.2 Å². The molecule has 1 aliphatic rings. The van der Waals surface area contributed by atoms with Crippen LogP contribution in [0.3, 0.4) is 0 Å². The third kappa shape index (κ3) is 8.89. The molecule has 0 amide bonds. The first-order valence-corrected chi connectivity index (χ1v) is 17.4. The summed E-state index contributed by atoms with van der Waals surface area (Å²) >= 11 is 0. The standard InChI is InChI=1S/C40H30O21/c41-21-5-15(6-22(42)31(21)47)37(53)58-28-12-17(8-24(44)33(28)49)39(55)60-30-14-19(10-26(46)35(30)51)40(56)61-29-13-18(9-25(45)34(29)50)38(54)59-27-11-16(7-23(43)32(27)48)36(52)57-20-3-1-2-4-20/h5-14,20,41-51H,1-4H2. The zero-order valence-corrected chi connectivity index (χ0v) is 30.7. The maximum Gasteiger partial charge on any atom is 0.343 e. The lowest BCUT2D eigenvalue weighted by molar-refractivity contribution is 0.0315. The summed E-state index contributed by atoms with van der Waals surface area (Å²) in [4.78, 5) is 64.7. The molecular weight excluding hydrogens is 816 g/mol. The second kappa shape index (κ2) is 16.6. The summed E-state index contributed by atoms with van der Waals surface area (Å²) in [5.41, 5.74) is -2.83. The summed E-state index contributed by atoms with van der Waals surface area (Å²) in [6.07, 6.45) is 2.58. The number of aromatic hydroxyl groups is 11. The van der Waals surface area contributed by atoms with Crippen molar-refractivity contribution in [2.24, 2.45) is 0 Å². The summed E-state index contributed by atoms with van der Waals surface area (Å²) in [7, 11) is 0. The predicted molar refractivity (Wildman–Crippen MR) is 198 cm³/mol. The SMILES string of the molecule is O=C(Oc1cc(C(=O)Oc2cc(C(=O)Oc3cc(C(=O)Oc4cc(C(=O)OC5CCCC5)cc(O)c4O)cc(O)c3O)cc(O)c2O)cc(O)c1O)c1cc(O)c(O)c(O)c1. The molecule has 0 unspecified atom stereocenters. The summed E-state index contributed by atoms with van der Waals surface area (Å²) in [5.74, 6) is -21.1. The van der Waals surface area contributed by atoms with Gasteiger partial charge in [-0.1, -0.05) is 0 Å². The molecule has 0 radical (unpaired) electrons. The van der Waals surface area contributed by atoms with Crippen molar-refractivity contribution >= 4 is 29.8 Å². The van der Waals surface area contributed by atoms with Gasteiger partial charge in [0.1, 0.15) is 6.10 Å². The summed E-state index contributed by atoms with van der Waals surface area (Å²) < 4.78 is 25.6. The average molecular weight is 847 g/mol. The van der Waals surface area contributed by atoms with Crippen molar-refractivity contribution in [3.63, 3.8) is 0 Å². The van der Waals surface area contributed by atoms with Gasteiger partial charge in [-0.25, -0.2) is 24.0 Å². The molecule has 0 atom stereocenters. The van der Waals surface area contributed by atoms with Crippen LogP contribution in [0.5, 0.6) is 86.2 Å². The fraction of sp³-hybridized carbons (Fsp3) is 0.125. The highest BCUT2D eigenvalue weighted by atomic mass is 16.6. The number of rotatable bonds is 10. The van der Waals surface area contributed by atoms with Crippen molar-refractivity contribution in [2.75, 3.05) is 0 Å². The minimum atomic E-state index is -1.48. The van der Waals surface area contributed by atoms with E-state index in [1.54, 1.807) is 0 Å². The van der Waals surface area contributed by atoms with Crippen molar-refractivity contribution in [3.05, 3.63) is 88.5 Å². The first-order valence-electron chi connectivity index (χ1n) is 17.4. The average Bonchev–Trinajstić information content (AvgIpc) is 3.73. The van der Waals surface area contributed by atoms with Crippen LogP contribution in [-0.2, 0) is 4.74 Å². The lowest BCUT2D eigenvalue weighted by Crippen LogP contribution is -2.15. The number of phenols is 11. The third-order valence-electron chi connectivity index (χ3n) is 8.85. The maximum absolute atomic E-state index is 13.2. The van der Waals surface area contributed by atoms with Gasteiger partial charge in [-0.15, -0.1) is 0 Å². The molecule has 61 heavy (non-hydrogen) atoms. The smallest absolute Gasteiger partial charge is 0.343 e. The molecule has 0 bridgehead atoms. The lowest BCUT2D eigenvalue weighted by Gasteiger charge is -2.14. The van der Waals surface area contributed by atoms with Gasteiger partial charge in [-0.05, 0) is 86.3 Å². The highest BCUT2D eigenvalue weighted by Crippen LogP contribution is 2.43. The van der Waals surface area contributed by atoms with Gasteiger partial charge in [-0.2, -0.15) is 0 Å². The van der Waals surface area contributed by atoms with Gasteiger partial charge in [0.15, 0.2) is 63.2 Å². The van der Waals surface area contributed by atoms with E-state index in [1.165, 1.54) is 0 Å². The van der Waals surface area contributed by atoms with Crippen molar-refractivity contribution < 1.29 is 104 Å². The predicted octanol–water partition coefficient (Wildman–Crippen LogP) is 4.42. The number of benzene rings is 5. The van der Waals surface area contributed by atoms with Crippen LogP contribution in [0, 0.1) is 0 Å². The van der Waals surface area contributed by atoms with E-state index in [4.69, 9.17) is 23.7 Å². The number of phenolic OH excluding ortho intramolecular Hbond substituents is 11. The Kier molecular flexibility index (Phi) is 11.4. The Balaban J connectivity index is 1.19. The van der Waals surface area contributed by atoms with Gasteiger partial charge >= 0.3 is 29.8 Å². The molecule has 316 valence electrons. The molecule has 0 aliphatic heterocycles. The van der Waals surface area contributed by atoms with Crippen LogP contribution in [0.4, 0.5) is 0 Å². The van der Waals surface area contributed by atoms with Gasteiger partial charge in [-0.3, -0.25) is 0 Å². The van der Waals surface area contributed by atoms with Crippen LogP contribution < -0.4 is 18.9 Å². The van der Waals surface area contributed by atoms with E-state index < -0.39 is 138 Å². The van der Waals surface area contributed by atoms with E-state index in [1.807, 2.05) is 0 Å². The normalized spacial score (nSPS) is 12.3. The number of hydrogen-bond acceptors (Lipinski definition) is 21. The van der Waals surface area contributed by atoms with E-state index in [2.05, 4.69) is 0 Å². The van der Waals surface area contributed by atoms with Gasteiger partial charge in [0.25, 0.3) is 0 Å². The molecule has 6 rings (SSSR count). The Bertz CT molecular complexity index is 2620. The van der Waals surface area contributed by atoms with E-state index in [0.717, 1.165) is 25.0 Å². The summed E-state index contributed by atoms with van der Waals surface area (Å²) in [6, 6.07) is 7.10. The lowest BCUT2D eigenvalue weighted by atomic mass is 10.1. The van der Waals surface area contributed by atoms with Gasteiger partial charge < -0.3 is 79.9 Å². The van der Waals surface area contributed by atoms with Crippen LogP contribution >= 0.6 is 0 Å². The van der Waals surface area contributed by atoms with Crippen LogP contribution in [0.2, 0.25) is 0 Å². The Labute approximate surface area is 339 Å². The molecule has 0 spiro atoms. The zero-order valence-electron chi connectivity index (χ0n) is 30.7. The van der Waals surface area contributed by atoms with E-state index in [9.17, 15) is 80.1 Å². The van der Waals surface area contributed by atoms with E-state index in [0.29, 0.717) is 61.4 Å². The highest BCUT2D eigenvalue weighted by molar-refractivity contribution is 5.98. The fourth-order valence-electron chi connectivity index (χ4n) is 5.74. The Morgan fingerprint density at radius 3 is 0.852 bits per heavy atom. The minimum absolute atomic E-state index is 0.279. The summed E-state index contributed by atoms with van der Waals surface area (Å²) in [6.45, 7) is 0. The second-order valence-corrected chi connectivity index (χ2v) is 13.1. The quantitative estimate of drug-likeness (QED) is 0.0526. The number of hydrogen-bond donors (Lipinski definition) is 11. The number of ether oxygens (including phenoxy) is 5. The van der Waals surface area contributed by atoms with E-state index in [-0.39, 0.29) is 11.7 Å². The Morgan fingerprint density at radius 2 is 0.574 bits per heavy atom. The molecule has 0 saturated heterocycles. The molecule has 1 saturated carbocycles. The fourth-order valence-corrected chi connectivity index (χ4v) is 5.74. The van der Waals surface area contributed by atoms with Crippen molar-refractivity contribution in [2.45, 2.75) is 31.8 Å². The molecular formula is C40H30O21. The zero-order chi connectivity index (χ0) is 44.4. The number of carbonyl (C=O) groups is 5.